The predicted molar refractivity (Wildman–Crippen MR) is 209 cm³/mol. The van der Waals surface area contributed by atoms with E-state index in [2.05, 4.69) is 96.2 Å². The van der Waals surface area contributed by atoms with Crippen molar-refractivity contribution < 1.29 is 4.52 Å². The Labute approximate surface area is 295 Å². The molecule has 1 atom stereocenters. The Morgan fingerprint density at radius 3 is 2.47 bits per heavy atom. The van der Waals surface area contributed by atoms with Crippen LogP contribution in [0, 0.1) is 0 Å². The highest BCUT2D eigenvalue weighted by molar-refractivity contribution is 7.32. The molecule has 5 rings (SSSR count). The number of aromatic nitrogens is 3. The number of hydrogen-bond donors (Lipinski definition) is 2. The topological polar surface area (TPSA) is 81.1 Å². The fourth-order valence-electron chi connectivity index (χ4n) is 5.75. The number of nitrogens with zero attached hydrogens (tertiary/aromatic N) is 3. The molecule has 49 heavy (non-hydrogen) atoms. The van der Waals surface area contributed by atoms with Crippen LogP contribution in [-0.2, 0) is 30.3 Å². The fourth-order valence-corrected chi connectivity index (χ4v) is 6.35. The van der Waals surface area contributed by atoms with Gasteiger partial charge in [0.15, 0.2) is 0 Å². The van der Waals surface area contributed by atoms with Crippen molar-refractivity contribution in [2.75, 3.05) is 38.7 Å². The summed E-state index contributed by atoms with van der Waals surface area (Å²) in [6, 6.07) is 21.0. The highest BCUT2D eigenvalue weighted by atomic mass is 31.1. The zero-order valence-corrected chi connectivity index (χ0v) is 30.8. The van der Waals surface area contributed by atoms with Gasteiger partial charge < -0.3 is 15.2 Å². The largest absolute Gasteiger partial charge is 0.379 e. The van der Waals surface area contributed by atoms with Crippen LogP contribution in [0.25, 0.3) is 17.5 Å². The number of hydrogen-bond acceptors (Lipinski definition) is 6. The first-order valence-electron chi connectivity index (χ1n) is 17.7. The maximum Gasteiger partial charge on any atom is 0.277 e. The van der Waals surface area contributed by atoms with Crippen molar-refractivity contribution in [1.82, 2.24) is 19.9 Å². The number of aryl methyl sites for hydroxylation is 3. The maximum absolute atomic E-state index is 13.4. The Kier molecular flexibility index (Phi) is 16.4. The van der Waals surface area contributed by atoms with Crippen LogP contribution in [0.4, 0.5) is 5.69 Å². The molecule has 0 saturated heterocycles. The lowest BCUT2D eigenvalue weighted by molar-refractivity contribution is 0.475. The van der Waals surface area contributed by atoms with Gasteiger partial charge in [-0.25, -0.2) is 4.98 Å². The molecule has 0 spiro atoms. The quantitative estimate of drug-likeness (QED) is 0.0662. The third kappa shape index (κ3) is 12.5. The van der Waals surface area contributed by atoms with Gasteiger partial charge in [0, 0.05) is 53.5 Å². The van der Waals surface area contributed by atoms with E-state index in [-0.39, 0.29) is 5.56 Å². The average molecular weight is 680 g/mol. The summed E-state index contributed by atoms with van der Waals surface area (Å²) in [5.74, 6) is 0.723. The molecule has 1 aliphatic rings. The summed E-state index contributed by atoms with van der Waals surface area (Å²) in [4.78, 5) is 22.3. The van der Waals surface area contributed by atoms with E-state index in [0.717, 1.165) is 69.2 Å². The van der Waals surface area contributed by atoms with E-state index in [0.29, 0.717) is 21.0 Å². The van der Waals surface area contributed by atoms with Gasteiger partial charge in [0.05, 0.1) is 6.20 Å². The Hall–Kier alpha value is -3.90. The van der Waals surface area contributed by atoms with Gasteiger partial charge in [-0.15, -0.1) is 0 Å². The second-order valence-electron chi connectivity index (χ2n) is 12.5. The zero-order valence-electron chi connectivity index (χ0n) is 29.8. The molecule has 2 aromatic heterocycles. The highest BCUT2D eigenvalue weighted by Crippen LogP contribution is 2.26. The van der Waals surface area contributed by atoms with Crippen LogP contribution in [0.2, 0.25) is 0 Å². The van der Waals surface area contributed by atoms with E-state index in [1.807, 2.05) is 30.1 Å². The lowest BCUT2D eigenvalue weighted by Gasteiger charge is -2.18. The van der Waals surface area contributed by atoms with E-state index in [4.69, 9.17) is 9.51 Å². The van der Waals surface area contributed by atoms with E-state index in [9.17, 15) is 4.79 Å². The van der Waals surface area contributed by atoms with Gasteiger partial charge >= 0.3 is 0 Å². The molecular weight excluding hydrogens is 625 g/mol. The molecular formula is C41H54N5O2P. The van der Waals surface area contributed by atoms with Gasteiger partial charge in [0.25, 0.3) is 5.56 Å². The van der Waals surface area contributed by atoms with E-state index >= 15 is 0 Å². The average Bonchev–Trinajstić information content (AvgIpc) is 3.09. The minimum absolute atomic E-state index is 0.00810. The number of nitrogens with one attached hydrogen (secondary N) is 2. The third-order valence-corrected chi connectivity index (χ3v) is 9.34. The monoisotopic (exact) mass is 679 g/mol. The minimum Gasteiger partial charge on any atom is -0.379 e. The van der Waals surface area contributed by atoms with Crippen LogP contribution in [0.5, 0.6) is 0 Å². The predicted octanol–water partition coefficient (Wildman–Crippen LogP) is 8.50. The SMILES string of the molecule is CCCc1ccncc1/C=C(\C)CNC.COPCCc1ccc(-c2ncc(NCCCc3ccccc3)c(=O)n2CC=C2CCC2)cc1. The second kappa shape index (κ2) is 21.2. The molecule has 8 heteroatoms. The van der Waals surface area contributed by atoms with Crippen LogP contribution < -0.4 is 16.2 Å². The van der Waals surface area contributed by atoms with Crippen LogP contribution in [-0.4, -0.2) is 47.9 Å². The van der Waals surface area contributed by atoms with Crippen molar-refractivity contribution in [2.24, 2.45) is 0 Å². The van der Waals surface area contributed by atoms with Gasteiger partial charge in [0.1, 0.15) is 11.5 Å². The number of benzene rings is 2. The summed E-state index contributed by atoms with van der Waals surface area (Å²) in [5, 5.41) is 6.48. The summed E-state index contributed by atoms with van der Waals surface area (Å²) < 4.78 is 6.99. The maximum atomic E-state index is 13.4. The van der Waals surface area contributed by atoms with Crippen molar-refractivity contribution in [3.63, 3.8) is 0 Å². The zero-order chi connectivity index (χ0) is 34.7. The first kappa shape index (κ1) is 37.9. The standard InChI is InChI=1S/C28H34N3O2P.C13H20N2/c1-33-34-20-17-24-12-14-25(15-13-24)27-30-21-26(28(32)31(27)19-16-23-9-5-10-23)29-18-6-11-22-7-3-2-4-8-22;1-4-5-12-6-7-15-10-13(12)8-11(2)9-14-3/h2-4,7-8,12-16,21,29,34H,5-6,9-11,17-20H2,1H3;6-8,10,14H,4-5,9H2,1-3H3/b;11-8+. The molecule has 0 aliphatic heterocycles. The molecule has 1 saturated carbocycles. The summed E-state index contributed by atoms with van der Waals surface area (Å²) in [6.45, 7) is 6.57. The van der Waals surface area contributed by atoms with Crippen molar-refractivity contribution in [1.29, 1.82) is 0 Å². The van der Waals surface area contributed by atoms with E-state index in [1.54, 1.807) is 13.3 Å². The Balaban J connectivity index is 0.000000302. The molecule has 1 unspecified atom stereocenters. The normalized spacial score (nSPS) is 12.8. The number of likely N-dealkylation sites (N-methyl/N-ethyl adjacent to an activating group) is 1. The van der Waals surface area contributed by atoms with Gasteiger partial charge in [-0.3, -0.25) is 14.3 Å². The molecule has 4 aromatic rings. The lowest BCUT2D eigenvalue weighted by atomic mass is 9.92. The highest BCUT2D eigenvalue weighted by Gasteiger charge is 2.14. The first-order valence-corrected chi connectivity index (χ1v) is 18.8. The number of rotatable bonds is 17. The Morgan fingerprint density at radius 1 is 1.00 bits per heavy atom. The molecule has 1 fully saturated rings. The Bertz CT molecular complexity index is 1680. The van der Waals surface area contributed by atoms with Crippen molar-refractivity contribution in [2.45, 2.75) is 71.8 Å². The summed E-state index contributed by atoms with van der Waals surface area (Å²) in [5.41, 5.74) is 9.54. The molecule has 1 aliphatic carbocycles. The number of pyridine rings is 1. The van der Waals surface area contributed by atoms with Gasteiger partial charge in [-0.1, -0.05) is 91.2 Å². The van der Waals surface area contributed by atoms with Gasteiger partial charge in [-0.05, 0) is 93.4 Å². The van der Waals surface area contributed by atoms with Crippen LogP contribution >= 0.6 is 8.81 Å². The van der Waals surface area contributed by atoms with Crippen molar-refractivity contribution in [3.8, 4) is 11.4 Å². The molecule has 2 N–H and O–H groups in total. The number of allylic oxidation sites excluding steroid dienone is 2. The first-order chi connectivity index (χ1) is 24.0. The van der Waals surface area contributed by atoms with Crippen molar-refractivity contribution in [3.05, 3.63) is 129 Å². The molecule has 0 amide bonds. The lowest BCUT2D eigenvalue weighted by Crippen LogP contribution is -2.26. The third-order valence-electron chi connectivity index (χ3n) is 8.60. The van der Waals surface area contributed by atoms with Crippen LogP contribution in [0.1, 0.15) is 68.2 Å². The molecule has 260 valence electrons. The van der Waals surface area contributed by atoms with Crippen LogP contribution in [0.15, 0.2) is 101 Å². The molecule has 0 radical (unpaired) electrons. The van der Waals surface area contributed by atoms with E-state index < -0.39 is 0 Å². The van der Waals surface area contributed by atoms with E-state index in [1.165, 1.54) is 46.2 Å². The summed E-state index contributed by atoms with van der Waals surface area (Å²) in [7, 11) is 4.24. The molecule has 7 nitrogen and oxygen atoms in total. The fraction of sp³-hybridized carbons (Fsp3) is 0.390. The summed E-state index contributed by atoms with van der Waals surface area (Å²) >= 11 is 0. The smallest absolute Gasteiger partial charge is 0.277 e. The van der Waals surface area contributed by atoms with Crippen molar-refractivity contribution >= 4 is 20.6 Å². The van der Waals surface area contributed by atoms with Crippen LogP contribution in [0.3, 0.4) is 0 Å². The number of anilines is 1. The molecule has 0 bridgehead atoms. The summed E-state index contributed by atoms with van der Waals surface area (Å²) in [6.07, 6.45) is 19.7. The minimum atomic E-state index is -0.00810. The molecule has 2 heterocycles. The Morgan fingerprint density at radius 2 is 1.78 bits per heavy atom. The van der Waals surface area contributed by atoms with Gasteiger partial charge in [-0.2, -0.15) is 0 Å². The second-order valence-corrected chi connectivity index (χ2v) is 13.7. The molecule has 2 aromatic carbocycles. The van der Waals surface area contributed by atoms with Gasteiger partial charge in [0.2, 0.25) is 0 Å².